The van der Waals surface area contributed by atoms with E-state index in [4.69, 9.17) is 4.74 Å². The van der Waals surface area contributed by atoms with Crippen LogP contribution in [0.1, 0.15) is 45.7 Å². The van der Waals surface area contributed by atoms with Crippen molar-refractivity contribution in [3.8, 4) is 5.75 Å². The lowest BCUT2D eigenvalue weighted by molar-refractivity contribution is 0.289. The van der Waals surface area contributed by atoms with Crippen molar-refractivity contribution in [3.05, 3.63) is 33.2 Å². The molecule has 1 atom stereocenters. The minimum atomic E-state index is 0.208. The maximum atomic E-state index is 6.13. The number of hydrogen-bond donors (Lipinski definition) is 0. The van der Waals surface area contributed by atoms with Gasteiger partial charge in [-0.25, -0.2) is 0 Å². The van der Waals surface area contributed by atoms with E-state index in [0.29, 0.717) is 0 Å². The second kappa shape index (κ2) is 3.50. The molecule has 1 heterocycles. The van der Waals surface area contributed by atoms with Gasteiger partial charge in [-0.2, -0.15) is 0 Å². The summed E-state index contributed by atoms with van der Waals surface area (Å²) >= 11 is 0. The minimum absolute atomic E-state index is 0.208. The quantitative estimate of drug-likeness (QED) is 0.677. The van der Waals surface area contributed by atoms with E-state index in [2.05, 4.69) is 47.6 Å². The van der Waals surface area contributed by atoms with Crippen LogP contribution in [0.4, 0.5) is 0 Å². The van der Waals surface area contributed by atoms with Crippen LogP contribution in [0.3, 0.4) is 0 Å². The van der Waals surface area contributed by atoms with Crippen LogP contribution in [-0.2, 0) is 0 Å². The molecule has 1 unspecified atom stereocenters. The van der Waals surface area contributed by atoms with E-state index in [-0.39, 0.29) is 6.10 Å². The van der Waals surface area contributed by atoms with Gasteiger partial charge in [0.15, 0.2) is 0 Å². The molecule has 1 aromatic carbocycles. The molecule has 0 radical (unpaired) electrons. The molecule has 0 saturated heterocycles. The van der Waals surface area contributed by atoms with Crippen LogP contribution >= 0.6 is 0 Å². The van der Waals surface area contributed by atoms with Gasteiger partial charge < -0.3 is 4.74 Å². The van der Waals surface area contributed by atoms with E-state index >= 15 is 0 Å². The Balaban J connectivity index is 2.52. The summed E-state index contributed by atoms with van der Waals surface area (Å²) in [4.78, 5) is 0. The number of fused-ring (bicyclic) bond motifs is 3. The minimum Gasteiger partial charge on any atom is -0.485 e. The molecule has 18 heavy (non-hydrogen) atoms. The second-order valence-electron chi connectivity index (χ2n) is 5.64. The zero-order valence-corrected chi connectivity index (χ0v) is 12.1. The maximum Gasteiger partial charge on any atom is 0.135 e. The van der Waals surface area contributed by atoms with Crippen molar-refractivity contribution in [2.45, 2.75) is 47.6 Å². The first-order chi connectivity index (χ1) is 8.43. The maximum absolute atomic E-state index is 6.13. The van der Waals surface area contributed by atoms with Crippen LogP contribution in [0.25, 0.3) is 16.7 Å². The molecule has 1 aliphatic heterocycles. The first-order valence-electron chi connectivity index (χ1n) is 6.63. The SMILES string of the molecule is CC1=C(C)c2c3c(c(C)cc2=C1C)=C(C)C(C)O3. The number of rotatable bonds is 0. The van der Waals surface area contributed by atoms with Gasteiger partial charge in [0.25, 0.3) is 0 Å². The molecule has 1 aliphatic carbocycles. The highest BCUT2D eigenvalue weighted by atomic mass is 16.5. The fourth-order valence-electron chi connectivity index (χ4n) is 3.20. The van der Waals surface area contributed by atoms with Gasteiger partial charge in [-0.1, -0.05) is 6.07 Å². The van der Waals surface area contributed by atoms with Gasteiger partial charge in [-0.15, -0.1) is 0 Å². The van der Waals surface area contributed by atoms with Crippen molar-refractivity contribution in [2.24, 2.45) is 0 Å². The van der Waals surface area contributed by atoms with Crippen LogP contribution < -0.4 is 15.2 Å². The van der Waals surface area contributed by atoms with Crippen molar-refractivity contribution in [1.82, 2.24) is 0 Å². The zero-order valence-electron chi connectivity index (χ0n) is 12.1. The lowest BCUT2D eigenvalue weighted by Crippen LogP contribution is -2.17. The van der Waals surface area contributed by atoms with Gasteiger partial charge in [0.1, 0.15) is 11.9 Å². The Labute approximate surface area is 108 Å². The summed E-state index contributed by atoms with van der Waals surface area (Å²) < 4.78 is 6.13. The van der Waals surface area contributed by atoms with E-state index in [1.807, 2.05) is 0 Å². The van der Waals surface area contributed by atoms with Crippen LogP contribution in [0.5, 0.6) is 5.75 Å². The van der Waals surface area contributed by atoms with Gasteiger partial charge in [0.2, 0.25) is 0 Å². The molecule has 1 heteroatoms. The molecule has 0 bridgehead atoms. The van der Waals surface area contributed by atoms with Crippen molar-refractivity contribution in [3.63, 3.8) is 0 Å². The van der Waals surface area contributed by atoms with Crippen LogP contribution in [0.15, 0.2) is 11.6 Å². The monoisotopic (exact) mass is 240 g/mol. The van der Waals surface area contributed by atoms with E-state index in [1.54, 1.807) is 0 Å². The Morgan fingerprint density at radius 1 is 0.944 bits per heavy atom. The molecule has 94 valence electrons. The second-order valence-corrected chi connectivity index (χ2v) is 5.64. The van der Waals surface area contributed by atoms with Gasteiger partial charge in [-0.3, -0.25) is 0 Å². The predicted molar refractivity (Wildman–Crippen MR) is 77.0 cm³/mol. The van der Waals surface area contributed by atoms with Crippen LogP contribution in [0, 0.1) is 6.92 Å². The summed E-state index contributed by atoms with van der Waals surface area (Å²) in [6.07, 6.45) is 0.208. The Morgan fingerprint density at radius 2 is 1.61 bits per heavy atom. The van der Waals surface area contributed by atoms with Gasteiger partial charge in [-0.05, 0) is 74.6 Å². The fourth-order valence-corrected chi connectivity index (χ4v) is 3.20. The molecule has 1 nitrogen and oxygen atoms in total. The number of ether oxygens (including phenoxy) is 1. The normalized spacial score (nSPS) is 21.3. The molecule has 0 N–H and O–H groups in total. The highest BCUT2D eigenvalue weighted by molar-refractivity contribution is 5.90. The van der Waals surface area contributed by atoms with E-state index in [9.17, 15) is 0 Å². The molecule has 0 fully saturated rings. The standard InChI is InChI=1S/C17H20O/c1-8-7-14-10(3)9(2)11(4)16(14)17-15(8)12(5)13(6)18-17/h7,13H,1-6H3. The lowest BCUT2D eigenvalue weighted by atomic mass is 10.00. The average Bonchev–Trinajstić information content (AvgIpc) is 2.72. The largest absolute Gasteiger partial charge is 0.485 e. The Morgan fingerprint density at radius 3 is 2.28 bits per heavy atom. The summed E-state index contributed by atoms with van der Waals surface area (Å²) in [5.74, 6) is 1.11. The molecule has 3 rings (SSSR count). The summed E-state index contributed by atoms with van der Waals surface area (Å²) in [7, 11) is 0. The third-order valence-electron chi connectivity index (χ3n) is 4.68. The zero-order chi connectivity index (χ0) is 13.2. The first kappa shape index (κ1) is 11.6. The summed E-state index contributed by atoms with van der Waals surface area (Å²) in [6, 6.07) is 2.33. The van der Waals surface area contributed by atoms with Gasteiger partial charge in [0.05, 0.1) is 0 Å². The molecule has 0 amide bonds. The van der Waals surface area contributed by atoms with Crippen LogP contribution in [-0.4, -0.2) is 6.10 Å². The summed E-state index contributed by atoms with van der Waals surface area (Å²) in [5, 5.41) is 2.70. The van der Waals surface area contributed by atoms with Gasteiger partial charge >= 0.3 is 0 Å². The molecule has 0 saturated carbocycles. The van der Waals surface area contributed by atoms with Gasteiger partial charge in [0, 0.05) is 10.8 Å². The first-order valence-corrected chi connectivity index (χ1v) is 6.63. The number of allylic oxidation sites excluding steroid dienone is 2. The molecular formula is C17H20O. The van der Waals surface area contributed by atoms with E-state index < -0.39 is 0 Å². The number of hydrogen-bond acceptors (Lipinski definition) is 1. The van der Waals surface area contributed by atoms with E-state index in [0.717, 1.165) is 5.75 Å². The van der Waals surface area contributed by atoms with E-state index in [1.165, 1.54) is 43.9 Å². The smallest absolute Gasteiger partial charge is 0.135 e. The predicted octanol–water partition coefficient (Wildman–Crippen LogP) is 2.92. The topological polar surface area (TPSA) is 9.23 Å². The summed E-state index contributed by atoms with van der Waals surface area (Å²) in [5.41, 5.74) is 8.20. The third kappa shape index (κ3) is 1.22. The molecule has 0 spiro atoms. The molecule has 0 aromatic heterocycles. The van der Waals surface area contributed by atoms with Crippen molar-refractivity contribution < 1.29 is 4.74 Å². The highest BCUT2D eigenvalue weighted by Crippen LogP contribution is 2.34. The Hall–Kier alpha value is -1.50. The highest BCUT2D eigenvalue weighted by Gasteiger charge is 2.26. The number of aryl methyl sites for hydroxylation is 1. The fraction of sp³-hybridized carbons (Fsp3) is 0.412. The summed E-state index contributed by atoms with van der Waals surface area (Å²) in [6.45, 7) is 13.2. The van der Waals surface area contributed by atoms with Crippen LogP contribution in [0.2, 0.25) is 0 Å². The third-order valence-corrected chi connectivity index (χ3v) is 4.68. The van der Waals surface area contributed by atoms with Crippen molar-refractivity contribution in [2.75, 3.05) is 0 Å². The molecule has 1 aromatic rings. The molecule has 2 aliphatic rings. The average molecular weight is 240 g/mol. The Bertz CT molecular complexity index is 717. The molecular weight excluding hydrogens is 220 g/mol. The van der Waals surface area contributed by atoms with Crippen molar-refractivity contribution >= 4 is 16.7 Å². The lowest BCUT2D eigenvalue weighted by Gasteiger charge is -2.10. The Kier molecular flexibility index (Phi) is 2.25. The van der Waals surface area contributed by atoms with Crippen molar-refractivity contribution in [1.29, 1.82) is 0 Å². The number of benzene rings is 1.